The number of thiazole rings is 1. The summed E-state index contributed by atoms with van der Waals surface area (Å²) in [7, 11) is 1.28. The molecular weight excluding hydrogens is 524 g/mol. The summed E-state index contributed by atoms with van der Waals surface area (Å²) in [6.45, 7) is 0.255. The van der Waals surface area contributed by atoms with E-state index in [2.05, 4.69) is 25.6 Å². The van der Waals surface area contributed by atoms with Crippen LogP contribution < -0.4 is 15.6 Å². The molecule has 0 aliphatic carbocycles. The third-order valence-corrected chi connectivity index (χ3v) is 7.60. The minimum Gasteiger partial charge on any atom is -0.477 e. The van der Waals surface area contributed by atoms with Gasteiger partial charge in [-0.2, -0.15) is 4.98 Å². The smallest absolute Gasteiger partial charge is 0.352 e. The molecule has 0 spiro atoms. The van der Waals surface area contributed by atoms with Crippen LogP contribution in [0.4, 0.5) is 5.13 Å². The standard InChI is InChI=1S/C21H18N8O6S2/c1-34-26-13(12-8-37-21(22)24-12)17(30)25-14-18(31)29-15(20(32)33)11(7-36-19(14)29)6-28-4-2-10(3-5-28)16-23-9-35-27-16/h2-5,8-9,14,19H,6-7H2,1H3,(H3-,22,24,25,30,32,33)/p+1/b26-13-/t14-,19+/m1/s1. The Hall–Kier alpha value is -4.31. The molecule has 2 aliphatic rings. The number of aliphatic carboxylic acids is 1. The number of hydrogen-bond acceptors (Lipinski definition) is 12. The maximum Gasteiger partial charge on any atom is 0.352 e. The Bertz CT molecular complexity index is 1420. The summed E-state index contributed by atoms with van der Waals surface area (Å²) in [5, 5.41) is 21.3. The molecule has 4 N–H and O–H groups in total. The van der Waals surface area contributed by atoms with Gasteiger partial charge in [0.15, 0.2) is 29.8 Å². The van der Waals surface area contributed by atoms with Crippen LogP contribution in [0.3, 0.4) is 0 Å². The van der Waals surface area contributed by atoms with Crippen LogP contribution in [0, 0.1) is 0 Å². The van der Waals surface area contributed by atoms with Crippen LogP contribution >= 0.6 is 23.1 Å². The van der Waals surface area contributed by atoms with Crippen LogP contribution in [-0.2, 0) is 25.8 Å². The van der Waals surface area contributed by atoms with Crippen molar-refractivity contribution in [1.82, 2.24) is 25.3 Å². The predicted octanol–water partition coefficient (Wildman–Crippen LogP) is -0.148. The molecule has 5 rings (SSSR count). The molecule has 2 atom stereocenters. The van der Waals surface area contributed by atoms with E-state index in [-0.39, 0.29) is 28.8 Å². The maximum atomic E-state index is 13.0. The Labute approximate surface area is 216 Å². The second kappa shape index (κ2) is 9.98. The van der Waals surface area contributed by atoms with Crippen molar-refractivity contribution in [2.24, 2.45) is 5.16 Å². The van der Waals surface area contributed by atoms with E-state index in [9.17, 15) is 19.5 Å². The minimum absolute atomic E-state index is 0.0907. The van der Waals surface area contributed by atoms with E-state index >= 15 is 0 Å². The van der Waals surface area contributed by atoms with E-state index in [0.717, 1.165) is 16.9 Å². The number of amides is 2. The molecule has 0 radical (unpaired) electrons. The summed E-state index contributed by atoms with van der Waals surface area (Å²) in [6, 6.07) is 2.62. The number of thioether (sulfide) groups is 1. The minimum atomic E-state index is -1.22. The fraction of sp³-hybridized carbons (Fsp3) is 0.238. The number of β-lactam (4-membered cyclic amide) rings is 1. The first-order valence-electron chi connectivity index (χ1n) is 10.7. The monoisotopic (exact) mass is 543 g/mol. The summed E-state index contributed by atoms with van der Waals surface area (Å²) >= 11 is 2.49. The van der Waals surface area contributed by atoms with E-state index in [0.29, 0.717) is 17.2 Å². The van der Waals surface area contributed by atoms with Gasteiger partial charge in [0.2, 0.25) is 12.2 Å². The van der Waals surface area contributed by atoms with Crippen molar-refractivity contribution in [2.75, 3.05) is 18.6 Å². The van der Waals surface area contributed by atoms with Crippen molar-refractivity contribution in [3.05, 3.63) is 53.3 Å². The van der Waals surface area contributed by atoms with Crippen molar-refractivity contribution in [3.63, 3.8) is 0 Å². The lowest BCUT2D eigenvalue weighted by Gasteiger charge is -2.49. The van der Waals surface area contributed by atoms with Crippen molar-refractivity contribution in [3.8, 4) is 11.4 Å². The molecular formula is C21H19N8O6S2+. The lowest BCUT2D eigenvalue weighted by Crippen LogP contribution is -2.71. The quantitative estimate of drug-likeness (QED) is 0.148. The number of oxime groups is 1. The number of hydrogen-bond donors (Lipinski definition) is 3. The molecule has 0 bridgehead atoms. The number of nitrogens with two attached hydrogens (primary N) is 1. The van der Waals surface area contributed by atoms with E-state index < -0.39 is 29.2 Å². The summed E-state index contributed by atoms with van der Waals surface area (Å²) < 4.78 is 6.54. The highest BCUT2D eigenvalue weighted by atomic mass is 32.2. The normalized spacial score (nSPS) is 19.3. The number of carboxylic acid groups (broad SMARTS) is 1. The van der Waals surface area contributed by atoms with Gasteiger partial charge in [-0.05, 0) is 0 Å². The Kier molecular flexibility index (Phi) is 6.58. The first-order valence-corrected chi connectivity index (χ1v) is 12.6. The lowest BCUT2D eigenvalue weighted by molar-refractivity contribution is -0.689. The molecule has 37 heavy (non-hydrogen) atoms. The van der Waals surface area contributed by atoms with Gasteiger partial charge in [0.25, 0.3) is 11.8 Å². The Morgan fingerprint density at radius 1 is 1.41 bits per heavy atom. The molecule has 16 heteroatoms. The number of carbonyl (C=O) groups excluding carboxylic acids is 2. The van der Waals surface area contributed by atoms with E-state index in [1.165, 1.54) is 30.2 Å². The number of nitrogens with zero attached hydrogens (tertiary/aromatic N) is 6. The highest BCUT2D eigenvalue weighted by molar-refractivity contribution is 8.00. The highest BCUT2D eigenvalue weighted by Gasteiger charge is 2.54. The summed E-state index contributed by atoms with van der Waals surface area (Å²) in [5.74, 6) is -1.65. The number of anilines is 1. The van der Waals surface area contributed by atoms with Crippen LogP contribution in [0.2, 0.25) is 0 Å². The van der Waals surface area contributed by atoms with Gasteiger partial charge in [0, 0.05) is 34.4 Å². The first-order chi connectivity index (χ1) is 17.9. The fourth-order valence-electron chi connectivity index (χ4n) is 3.94. The molecule has 5 heterocycles. The molecule has 3 aromatic rings. The molecule has 2 amide bonds. The Morgan fingerprint density at radius 2 is 2.19 bits per heavy atom. The second-order valence-electron chi connectivity index (χ2n) is 7.83. The number of pyridine rings is 1. The van der Waals surface area contributed by atoms with Crippen LogP contribution in [0.1, 0.15) is 5.69 Å². The number of nitrogens with one attached hydrogen (secondary N) is 1. The van der Waals surface area contributed by atoms with Gasteiger partial charge in [-0.1, -0.05) is 10.3 Å². The van der Waals surface area contributed by atoms with Crippen molar-refractivity contribution < 1.29 is 33.4 Å². The number of carbonyl (C=O) groups is 3. The SMILES string of the molecule is CO/N=C(\C(=O)N[C@@H]1C(=O)N2C(C(=O)O)=C(C[n+]3ccc(-c4ncon4)cc3)CS[C@@H]12)c1csc(N)n1. The molecule has 3 aromatic heterocycles. The van der Waals surface area contributed by atoms with E-state index in [4.69, 9.17) is 15.1 Å². The topological polar surface area (TPSA) is 190 Å². The molecule has 1 fully saturated rings. The lowest BCUT2D eigenvalue weighted by atomic mass is 10.0. The summed E-state index contributed by atoms with van der Waals surface area (Å²) in [4.78, 5) is 52.0. The maximum absolute atomic E-state index is 13.0. The van der Waals surface area contributed by atoms with Gasteiger partial charge in [0.1, 0.15) is 29.9 Å². The van der Waals surface area contributed by atoms with E-state index in [1.54, 1.807) is 34.5 Å². The number of aromatic nitrogens is 4. The predicted molar refractivity (Wildman–Crippen MR) is 130 cm³/mol. The Morgan fingerprint density at radius 3 is 2.81 bits per heavy atom. The van der Waals surface area contributed by atoms with Gasteiger partial charge < -0.3 is 25.5 Å². The number of nitrogen functional groups attached to an aromatic ring is 1. The van der Waals surface area contributed by atoms with Crippen LogP contribution in [-0.4, -0.2) is 72.9 Å². The highest BCUT2D eigenvalue weighted by Crippen LogP contribution is 2.40. The fourth-order valence-corrected chi connectivity index (χ4v) is 5.82. The van der Waals surface area contributed by atoms with Crippen molar-refractivity contribution in [1.29, 1.82) is 0 Å². The zero-order chi connectivity index (χ0) is 26.1. The molecule has 1 saturated heterocycles. The van der Waals surface area contributed by atoms with Gasteiger partial charge in [-0.3, -0.25) is 14.5 Å². The Balaban J connectivity index is 1.32. The number of carboxylic acids is 1. The molecule has 0 saturated carbocycles. The average molecular weight is 544 g/mol. The van der Waals surface area contributed by atoms with Crippen molar-refractivity contribution in [2.45, 2.75) is 18.0 Å². The molecule has 0 unspecified atom stereocenters. The van der Waals surface area contributed by atoms with Crippen LogP contribution in [0.25, 0.3) is 11.4 Å². The first kappa shape index (κ1) is 24.4. The van der Waals surface area contributed by atoms with Gasteiger partial charge in [-0.25, -0.2) is 14.3 Å². The van der Waals surface area contributed by atoms with Crippen LogP contribution in [0.15, 0.2) is 57.2 Å². The third-order valence-electron chi connectivity index (χ3n) is 5.58. The largest absolute Gasteiger partial charge is 0.477 e. The summed E-state index contributed by atoms with van der Waals surface area (Å²) in [6.07, 6.45) is 4.76. The van der Waals surface area contributed by atoms with Gasteiger partial charge >= 0.3 is 5.97 Å². The number of fused-ring (bicyclic) bond motifs is 1. The molecule has 190 valence electrons. The second-order valence-corrected chi connectivity index (χ2v) is 9.82. The summed E-state index contributed by atoms with van der Waals surface area (Å²) in [5.41, 5.74) is 6.92. The van der Waals surface area contributed by atoms with Crippen molar-refractivity contribution >= 4 is 51.7 Å². The molecule has 2 aliphatic heterocycles. The van der Waals surface area contributed by atoms with Crippen LogP contribution in [0.5, 0.6) is 0 Å². The molecule has 14 nitrogen and oxygen atoms in total. The van der Waals surface area contributed by atoms with E-state index in [1.807, 2.05) is 0 Å². The zero-order valence-electron chi connectivity index (χ0n) is 19.1. The molecule has 0 aromatic carbocycles. The third kappa shape index (κ3) is 4.63. The van der Waals surface area contributed by atoms with Gasteiger partial charge in [0.05, 0.1) is 0 Å². The van der Waals surface area contributed by atoms with Gasteiger partial charge in [-0.15, -0.1) is 23.1 Å². The zero-order valence-corrected chi connectivity index (χ0v) is 20.7. The number of rotatable bonds is 8. The average Bonchev–Trinajstić information content (AvgIpc) is 3.58.